The highest BCUT2D eigenvalue weighted by Gasteiger charge is 2.20. The Morgan fingerprint density at radius 3 is 2.88 bits per heavy atom. The van der Waals surface area contributed by atoms with E-state index in [0.717, 1.165) is 11.9 Å². The fourth-order valence-electron chi connectivity index (χ4n) is 2.15. The van der Waals surface area contributed by atoms with Crippen LogP contribution < -0.4 is 0 Å². The minimum Gasteiger partial charge on any atom is -0.361 e. The molecule has 88 valence electrons. The minimum absolute atomic E-state index is 0.0846. The number of nitrogens with one attached hydrogen (secondary N) is 1. The fraction of sp³-hybridized carbons (Fsp3) is 0.357. The van der Waals surface area contributed by atoms with Crippen molar-refractivity contribution in [3.63, 3.8) is 0 Å². The molecule has 0 bridgehead atoms. The fourth-order valence-corrected chi connectivity index (χ4v) is 3.16. The first-order valence-electron chi connectivity index (χ1n) is 5.79. The molecule has 0 aliphatic heterocycles. The lowest BCUT2D eigenvalue weighted by molar-refractivity contribution is 0.626. The predicted molar refractivity (Wildman–Crippen MR) is 73.9 cm³/mol. The van der Waals surface area contributed by atoms with E-state index in [2.05, 4.69) is 48.5 Å². The molecule has 0 fully saturated rings. The van der Waals surface area contributed by atoms with Crippen molar-refractivity contribution >= 4 is 22.7 Å². The molecule has 1 N–H and O–H groups in total. The Balaban J connectivity index is 2.39. The zero-order valence-corrected chi connectivity index (χ0v) is 10.9. The van der Waals surface area contributed by atoms with Crippen LogP contribution in [-0.2, 0) is 0 Å². The van der Waals surface area contributed by atoms with Crippen LogP contribution in [-0.4, -0.2) is 11.2 Å². The number of nitrogens with zero attached hydrogens (tertiary/aromatic N) is 1. The van der Waals surface area contributed by atoms with Gasteiger partial charge in [-0.25, -0.2) is 0 Å². The van der Waals surface area contributed by atoms with Crippen LogP contribution >= 0.6 is 11.8 Å². The van der Waals surface area contributed by atoms with Crippen molar-refractivity contribution in [3.8, 4) is 6.07 Å². The third-order valence-corrected chi connectivity index (χ3v) is 4.24. The molecule has 17 heavy (non-hydrogen) atoms. The van der Waals surface area contributed by atoms with E-state index in [1.807, 2.05) is 6.20 Å². The molecule has 1 heterocycles. The highest BCUT2D eigenvalue weighted by atomic mass is 32.2. The van der Waals surface area contributed by atoms with Crippen LogP contribution in [0.25, 0.3) is 10.9 Å². The lowest BCUT2D eigenvalue weighted by Gasteiger charge is -2.19. The second-order valence-electron chi connectivity index (χ2n) is 4.12. The summed E-state index contributed by atoms with van der Waals surface area (Å²) in [5.41, 5.74) is 2.40. The number of nitriles is 1. The monoisotopic (exact) mass is 244 g/mol. The zero-order valence-electron chi connectivity index (χ0n) is 10.1. The van der Waals surface area contributed by atoms with E-state index in [9.17, 15) is 5.26 Å². The first-order valence-corrected chi connectivity index (χ1v) is 7.08. The van der Waals surface area contributed by atoms with Gasteiger partial charge in [0.1, 0.15) is 0 Å². The number of thioether (sulfide) groups is 1. The molecule has 2 aromatic rings. The van der Waals surface area contributed by atoms with Crippen molar-refractivity contribution in [1.82, 2.24) is 4.98 Å². The number of fused-ring (bicyclic) bond motifs is 1. The number of benzene rings is 1. The van der Waals surface area contributed by atoms with Gasteiger partial charge in [-0.1, -0.05) is 13.0 Å². The van der Waals surface area contributed by atoms with E-state index < -0.39 is 0 Å². The van der Waals surface area contributed by atoms with Gasteiger partial charge in [0.2, 0.25) is 0 Å². The van der Waals surface area contributed by atoms with Crippen molar-refractivity contribution in [1.29, 1.82) is 5.26 Å². The van der Waals surface area contributed by atoms with Crippen LogP contribution in [0.1, 0.15) is 24.2 Å². The Kier molecular flexibility index (Phi) is 3.75. The Hall–Kier alpha value is -1.40. The Morgan fingerprint density at radius 1 is 1.41 bits per heavy atom. The maximum Gasteiger partial charge on any atom is 0.0670 e. The van der Waals surface area contributed by atoms with Gasteiger partial charge in [-0.15, -0.1) is 0 Å². The van der Waals surface area contributed by atoms with Gasteiger partial charge in [-0.3, -0.25) is 0 Å². The maximum absolute atomic E-state index is 9.19. The molecule has 2 rings (SSSR count). The molecule has 0 aliphatic rings. The van der Waals surface area contributed by atoms with Crippen LogP contribution in [0.3, 0.4) is 0 Å². The van der Waals surface area contributed by atoms with Gasteiger partial charge in [0, 0.05) is 17.0 Å². The van der Waals surface area contributed by atoms with E-state index in [1.165, 1.54) is 10.9 Å². The SMILES string of the molecule is CCC(C#N)C(SC)c1ccc2[nH]ccc2c1. The molecule has 2 unspecified atom stereocenters. The Labute approximate surface area is 106 Å². The van der Waals surface area contributed by atoms with Crippen LogP contribution in [0, 0.1) is 17.2 Å². The van der Waals surface area contributed by atoms with Crippen molar-refractivity contribution in [3.05, 3.63) is 36.0 Å². The molecule has 1 aromatic carbocycles. The highest BCUT2D eigenvalue weighted by Crippen LogP contribution is 2.36. The first kappa shape index (κ1) is 12.1. The van der Waals surface area contributed by atoms with E-state index >= 15 is 0 Å². The molecule has 0 aliphatic carbocycles. The van der Waals surface area contributed by atoms with E-state index in [0.29, 0.717) is 0 Å². The summed E-state index contributed by atoms with van der Waals surface area (Å²) >= 11 is 1.76. The predicted octanol–water partition coefficient (Wildman–Crippen LogP) is 4.12. The molecule has 0 amide bonds. The highest BCUT2D eigenvalue weighted by molar-refractivity contribution is 7.98. The largest absolute Gasteiger partial charge is 0.361 e. The van der Waals surface area contributed by atoms with Crippen molar-refractivity contribution in [2.45, 2.75) is 18.6 Å². The minimum atomic E-state index is 0.0846. The maximum atomic E-state index is 9.19. The number of hydrogen-bond acceptors (Lipinski definition) is 2. The van der Waals surface area contributed by atoms with Crippen LogP contribution in [0.15, 0.2) is 30.5 Å². The summed E-state index contributed by atoms with van der Waals surface area (Å²) in [5, 5.41) is 10.7. The van der Waals surface area contributed by atoms with Crippen LogP contribution in [0.2, 0.25) is 0 Å². The molecule has 0 spiro atoms. The molecule has 0 saturated heterocycles. The summed E-state index contributed by atoms with van der Waals surface area (Å²) < 4.78 is 0. The first-order chi connectivity index (χ1) is 8.30. The summed E-state index contributed by atoms with van der Waals surface area (Å²) in [5.74, 6) is 0.0846. The Morgan fingerprint density at radius 2 is 2.24 bits per heavy atom. The molecular weight excluding hydrogens is 228 g/mol. The normalized spacial score (nSPS) is 14.4. The second-order valence-corrected chi connectivity index (χ2v) is 5.10. The molecule has 2 atom stereocenters. The van der Waals surface area contributed by atoms with Crippen molar-refractivity contribution in [2.24, 2.45) is 5.92 Å². The van der Waals surface area contributed by atoms with E-state index in [1.54, 1.807) is 11.8 Å². The lowest BCUT2D eigenvalue weighted by atomic mass is 9.97. The molecule has 3 heteroatoms. The van der Waals surface area contributed by atoms with Crippen molar-refractivity contribution in [2.75, 3.05) is 6.26 Å². The molecular formula is C14H16N2S. The smallest absolute Gasteiger partial charge is 0.0670 e. The van der Waals surface area contributed by atoms with Crippen LogP contribution in [0.4, 0.5) is 0 Å². The number of aromatic amines is 1. The van der Waals surface area contributed by atoms with Gasteiger partial charge >= 0.3 is 0 Å². The van der Waals surface area contributed by atoms with Crippen LogP contribution in [0.5, 0.6) is 0 Å². The standard InChI is InChI=1S/C14H16N2S/c1-3-10(9-15)14(17-2)12-4-5-13-11(8-12)6-7-16-13/h4-8,10,14,16H,3H2,1-2H3. The summed E-state index contributed by atoms with van der Waals surface area (Å²) in [6, 6.07) is 10.9. The van der Waals surface area contributed by atoms with Crippen molar-refractivity contribution < 1.29 is 0 Å². The Bertz CT molecular complexity index is 538. The summed E-state index contributed by atoms with van der Waals surface area (Å²) in [7, 11) is 0. The number of hydrogen-bond donors (Lipinski definition) is 1. The molecule has 0 radical (unpaired) electrons. The second kappa shape index (κ2) is 5.29. The zero-order chi connectivity index (χ0) is 12.3. The summed E-state index contributed by atoms with van der Waals surface area (Å²) in [6.07, 6.45) is 4.92. The number of aromatic nitrogens is 1. The van der Waals surface area contributed by atoms with Gasteiger partial charge < -0.3 is 4.98 Å². The van der Waals surface area contributed by atoms with Gasteiger partial charge in [0.25, 0.3) is 0 Å². The topological polar surface area (TPSA) is 39.6 Å². The molecule has 2 nitrogen and oxygen atoms in total. The summed E-state index contributed by atoms with van der Waals surface area (Å²) in [6.45, 7) is 2.08. The average Bonchev–Trinajstić information content (AvgIpc) is 2.82. The lowest BCUT2D eigenvalue weighted by Crippen LogP contribution is -2.06. The average molecular weight is 244 g/mol. The third-order valence-electron chi connectivity index (χ3n) is 3.13. The van der Waals surface area contributed by atoms with Gasteiger partial charge in [-0.05, 0) is 41.8 Å². The van der Waals surface area contributed by atoms with Gasteiger partial charge in [0.15, 0.2) is 0 Å². The molecule has 0 saturated carbocycles. The number of rotatable bonds is 4. The molecule has 1 aromatic heterocycles. The quantitative estimate of drug-likeness (QED) is 0.878. The van der Waals surface area contributed by atoms with E-state index in [-0.39, 0.29) is 11.2 Å². The number of H-pyrrole nitrogens is 1. The summed E-state index contributed by atoms with van der Waals surface area (Å²) in [4.78, 5) is 3.19. The van der Waals surface area contributed by atoms with Gasteiger partial charge in [0.05, 0.1) is 12.0 Å². The van der Waals surface area contributed by atoms with Gasteiger partial charge in [-0.2, -0.15) is 17.0 Å². The third kappa shape index (κ3) is 2.32. The van der Waals surface area contributed by atoms with E-state index in [4.69, 9.17) is 0 Å².